The molecule has 86 valence electrons. The zero-order chi connectivity index (χ0) is 12.3. The Hall–Kier alpha value is -1.60. The van der Waals surface area contributed by atoms with Crippen LogP contribution in [0.4, 0.5) is 0 Å². The van der Waals surface area contributed by atoms with Crippen molar-refractivity contribution in [2.45, 2.75) is 13.3 Å². The SMILES string of the molecule is Cc1cc(Cl)cc(C(=O)Cc2ccccc2)c1. The summed E-state index contributed by atoms with van der Waals surface area (Å²) in [6.45, 7) is 1.94. The maximum absolute atomic E-state index is 12.1. The Morgan fingerprint density at radius 2 is 1.82 bits per heavy atom. The van der Waals surface area contributed by atoms with Gasteiger partial charge in [-0.05, 0) is 36.2 Å². The molecule has 1 nitrogen and oxygen atoms in total. The van der Waals surface area contributed by atoms with Gasteiger partial charge in [0.05, 0.1) is 0 Å². The van der Waals surface area contributed by atoms with E-state index in [2.05, 4.69) is 0 Å². The fourth-order valence-electron chi connectivity index (χ4n) is 1.78. The molecule has 0 N–H and O–H groups in total. The van der Waals surface area contributed by atoms with E-state index >= 15 is 0 Å². The predicted octanol–water partition coefficient (Wildman–Crippen LogP) is 4.07. The van der Waals surface area contributed by atoms with Crippen molar-refractivity contribution < 1.29 is 4.79 Å². The number of carbonyl (C=O) groups is 1. The molecule has 0 aliphatic heterocycles. The Balaban J connectivity index is 2.20. The zero-order valence-corrected chi connectivity index (χ0v) is 10.4. The molecule has 0 aliphatic carbocycles. The van der Waals surface area contributed by atoms with Crippen molar-refractivity contribution in [2.24, 2.45) is 0 Å². The summed E-state index contributed by atoms with van der Waals surface area (Å²) in [5.74, 6) is 0.0989. The van der Waals surface area contributed by atoms with Gasteiger partial charge in [-0.25, -0.2) is 0 Å². The van der Waals surface area contributed by atoms with E-state index in [1.54, 1.807) is 6.07 Å². The van der Waals surface area contributed by atoms with Crippen LogP contribution in [0.1, 0.15) is 21.5 Å². The molecule has 2 aromatic rings. The lowest BCUT2D eigenvalue weighted by molar-refractivity contribution is 0.0993. The second kappa shape index (κ2) is 5.15. The van der Waals surface area contributed by atoms with Gasteiger partial charge < -0.3 is 0 Å². The summed E-state index contributed by atoms with van der Waals surface area (Å²) >= 11 is 5.94. The Kier molecular flexibility index (Phi) is 3.60. The summed E-state index contributed by atoms with van der Waals surface area (Å²) in [5, 5.41) is 0.612. The second-order valence-corrected chi connectivity index (χ2v) is 4.54. The molecule has 0 radical (unpaired) electrons. The number of hydrogen-bond donors (Lipinski definition) is 0. The van der Waals surface area contributed by atoms with Gasteiger partial charge in [-0.2, -0.15) is 0 Å². The first-order valence-corrected chi connectivity index (χ1v) is 5.87. The lowest BCUT2D eigenvalue weighted by Crippen LogP contribution is -2.03. The monoisotopic (exact) mass is 244 g/mol. The van der Waals surface area contributed by atoms with E-state index in [0.717, 1.165) is 11.1 Å². The van der Waals surface area contributed by atoms with Crippen molar-refractivity contribution in [3.8, 4) is 0 Å². The van der Waals surface area contributed by atoms with Gasteiger partial charge in [0, 0.05) is 17.0 Å². The summed E-state index contributed by atoms with van der Waals surface area (Å²) in [6, 6.07) is 15.2. The first kappa shape index (κ1) is 11.9. The van der Waals surface area contributed by atoms with Crippen LogP contribution in [0.2, 0.25) is 5.02 Å². The average molecular weight is 245 g/mol. The van der Waals surface area contributed by atoms with E-state index in [1.165, 1.54) is 0 Å². The van der Waals surface area contributed by atoms with Crippen molar-refractivity contribution >= 4 is 17.4 Å². The summed E-state index contributed by atoms with van der Waals surface area (Å²) in [5.41, 5.74) is 2.71. The lowest BCUT2D eigenvalue weighted by Gasteiger charge is -2.03. The third-order valence-electron chi connectivity index (χ3n) is 2.57. The Bertz CT molecular complexity index is 512. The van der Waals surface area contributed by atoms with E-state index in [-0.39, 0.29) is 5.78 Å². The number of aryl methyl sites for hydroxylation is 1. The molecule has 0 saturated heterocycles. The molecule has 0 bridgehead atoms. The van der Waals surface area contributed by atoms with Crippen LogP contribution in [0.15, 0.2) is 48.5 Å². The van der Waals surface area contributed by atoms with Crippen LogP contribution < -0.4 is 0 Å². The highest BCUT2D eigenvalue weighted by Gasteiger charge is 2.08. The molecule has 0 unspecified atom stereocenters. The van der Waals surface area contributed by atoms with Crippen LogP contribution in [0, 0.1) is 6.92 Å². The molecule has 2 heteroatoms. The highest BCUT2D eigenvalue weighted by atomic mass is 35.5. The summed E-state index contributed by atoms with van der Waals surface area (Å²) < 4.78 is 0. The maximum atomic E-state index is 12.1. The van der Waals surface area contributed by atoms with Crippen LogP contribution in [0.25, 0.3) is 0 Å². The number of benzene rings is 2. The largest absolute Gasteiger partial charge is 0.294 e. The maximum Gasteiger partial charge on any atom is 0.167 e. The Morgan fingerprint density at radius 1 is 1.12 bits per heavy atom. The van der Waals surface area contributed by atoms with Crippen molar-refractivity contribution in [3.63, 3.8) is 0 Å². The molecular weight excluding hydrogens is 232 g/mol. The Labute approximate surface area is 106 Å². The van der Waals surface area contributed by atoms with Gasteiger partial charge >= 0.3 is 0 Å². The van der Waals surface area contributed by atoms with E-state index in [4.69, 9.17) is 11.6 Å². The van der Waals surface area contributed by atoms with Gasteiger partial charge in [0.1, 0.15) is 0 Å². The van der Waals surface area contributed by atoms with Crippen LogP contribution in [0.3, 0.4) is 0 Å². The molecule has 2 rings (SSSR count). The van der Waals surface area contributed by atoms with Crippen LogP contribution in [-0.4, -0.2) is 5.78 Å². The van der Waals surface area contributed by atoms with Crippen LogP contribution in [0.5, 0.6) is 0 Å². The first-order valence-electron chi connectivity index (χ1n) is 5.49. The highest BCUT2D eigenvalue weighted by Crippen LogP contribution is 2.16. The van der Waals surface area contributed by atoms with Gasteiger partial charge in [-0.3, -0.25) is 4.79 Å². The fourth-order valence-corrected chi connectivity index (χ4v) is 2.07. The molecule has 0 spiro atoms. The quantitative estimate of drug-likeness (QED) is 0.744. The summed E-state index contributed by atoms with van der Waals surface area (Å²) in [6.07, 6.45) is 0.417. The topological polar surface area (TPSA) is 17.1 Å². The van der Waals surface area contributed by atoms with Gasteiger partial charge in [0.2, 0.25) is 0 Å². The van der Waals surface area contributed by atoms with E-state index in [0.29, 0.717) is 17.0 Å². The van der Waals surface area contributed by atoms with E-state index in [9.17, 15) is 4.79 Å². The molecule has 2 aromatic carbocycles. The van der Waals surface area contributed by atoms with Gasteiger partial charge in [0.25, 0.3) is 0 Å². The molecule has 0 heterocycles. The molecule has 0 amide bonds. The molecule has 0 aliphatic rings. The molecule has 0 fully saturated rings. The third kappa shape index (κ3) is 3.18. The van der Waals surface area contributed by atoms with Crippen LogP contribution in [-0.2, 0) is 6.42 Å². The van der Waals surface area contributed by atoms with Crippen molar-refractivity contribution in [1.82, 2.24) is 0 Å². The summed E-state index contributed by atoms with van der Waals surface area (Å²) in [4.78, 5) is 12.1. The number of carbonyl (C=O) groups excluding carboxylic acids is 1. The number of halogens is 1. The standard InChI is InChI=1S/C15H13ClO/c1-11-7-13(10-14(16)8-11)15(17)9-12-5-3-2-4-6-12/h2-8,10H,9H2,1H3. The fraction of sp³-hybridized carbons (Fsp3) is 0.133. The van der Waals surface area contributed by atoms with Crippen molar-refractivity contribution in [3.05, 3.63) is 70.2 Å². The van der Waals surface area contributed by atoms with Crippen molar-refractivity contribution in [1.29, 1.82) is 0 Å². The smallest absolute Gasteiger partial charge is 0.167 e. The second-order valence-electron chi connectivity index (χ2n) is 4.10. The summed E-state index contributed by atoms with van der Waals surface area (Å²) in [7, 11) is 0. The minimum absolute atomic E-state index is 0.0989. The minimum atomic E-state index is 0.0989. The molecule has 17 heavy (non-hydrogen) atoms. The molecule has 0 aromatic heterocycles. The first-order chi connectivity index (χ1) is 8.15. The number of ketones is 1. The van der Waals surface area contributed by atoms with Crippen LogP contribution >= 0.6 is 11.6 Å². The van der Waals surface area contributed by atoms with E-state index in [1.807, 2.05) is 49.4 Å². The molecular formula is C15H13ClO. The lowest BCUT2D eigenvalue weighted by atomic mass is 10.0. The third-order valence-corrected chi connectivity index (χ3v) is 2.79. The minimum Gasteiger partial charge on any atom is -0.294 e. The zero-order valence-electron chi connectivity index (χ0n) is 9.61. The van der Waals surface area contributed by atoms with E-state index < -0.39 is 0 Å². The number of Topliss-reactive ketones (excluding diaryl/α,β-unsaturated/α-hetero) is 1. The Morgan fingerprint density at radius 3 is 2.47 bits per heavy atom. The number of hydrogen-bond acceptors (Lipinski definition) is 1. The molecule has 0 atom stereocenters. The normalized spacial score (nSPS) is 10.2. The van der Waals surface area contributed by atoms with Gasteiger partial charge in [-0.1, -0.05) is 41.9 Å². The molecule has 0 saturated carbocycles. The number of rotatable bonds is 3. The van der Waals surface area contributed by atoms with Gasteiger partial charge in [-0.15, -0.1) is 0 Å². The average Bonchev–Trinajstić information content (AvgIpc) is 2.29. The van der Waals surface area contributed by atoms with Gasteiger partial charge in [0.15, 0.2) is 5.78 Å². The predicted molar refractivity (Wildman–Crippen MR) is 70.7 cm³/mol. The highest BCUT2D eigenvalue weighted by molar-refractivity contribution is 6.31. The van der Waals surface area contributed by atoms with Crippen molar-refractivity contribution in [2.75, 3.05) is 0 Å².